The highest BCUT2D eigenvalue weighted by molar-refractivity contribution is 7.91. The average Bonchev–Trinajstić information content (AvgIpc) is 2.52. The minimum Gasteiger partial charge on any atom is -0.355 e. The average molecular weight is 234 g/mol. The predicted octanol–water partition coefficient (Wildman–Crippen LogP) is -0.853. The number of rotatable bonds is 5. The molecule has 0 aromatic heterocycles. The molecular weight excluding hydrogens is 216 g/mol. The molecule has 0 radical (unpaired) electrons. The fraction of sp³-hybridized carbons (Fsp3) is 0.889. The zero-order valence-electron chi connectivity index (χ0n) is 8.95. The van der Waals surface area contributed by atoms with Gasteiger partial charge in [0.1, 0.15) is 0 Å². The summed E-state index contributed by atoms with van der Waals surface area (Å²) in [6.45, 7) is 3.46. The van der Waals surface area contributed by atoms with E-state index < -0.39 is 9.84 Å². The Balaban J connectivity index is 2.18. The van der Waals surface area contributed by atoms with Crippen LogP contribution in [0.5, 0.6) is 0 Å². The number of carbonyl (C=O) groups excluding carboxylic acids is 1. The summed E-state index contributed by atoms with van der Waals surface area (Å²) in [5.41, 5.74) is 0. The van der Waals surface area contributed by atoms with Crippen molar-refractivity contribution in [3.05, 3.63) is 0 Å². The van der Waals surface area contributed by atoms with E-state index in [4.69, 9.17) is 0 Å². The van der Waals surface area contributed by atoms with Crippen molar-refractivity contribution in [1.82, 2.24) is 10.6 Å². The minimum absolute atomic E-state index is 0.0684. The molecule has 1 amide bonds. The van der Waals surface area contributed by atoms with Gasteiger partial charge in [-0.15, -0.1) is 0 Å². The van der Waals surface area contributed by atoms with Crippen molar-refractivity contribution in [2.45, 2.75) is 13.3 Å². The number of sulfone groups is 1. The van der Waals surface area contributed by atoms with Crippen LogP contribution in [0.3, 0.4) is 0 Å². The topological polar surface area (TPSA) is 75.3 Å². The Bertz CT molecular complexity index is 313. The molecule has 2 N–H and O–H groups in total. The van der Waals surface area contributed by atoms with E-state index in [-0.39, 0.29) is 23.3 Å². The largest absolute Gasteiger partial charge is 0.355 e. The van der Waals surface area contributed by atoms with E-state index in [1.165, 1.54) is 0 Å². The van der Waals surface area contributed by atoms with E-state index in [9.17, 15) is 13.2 Å². The number of amides is 1. The molecule has 15 heavy (non-hydrogen) atoms. The lowest BCUT2D eigenvalue weighted by molar-refractivity contribution is -0.120. The normalized spacial score (nSPS) is 23.9. The van der Waals surface area contributed by atoms with Crippen molar-refractivity contribution in [1.29, 1.82) is 0 Å². The summed E-state index contributed by atoms with van der Waals surface area (Å²) in [7, 11) is -2.83. The van der Waals surface area contributed by atoms with Crippen molar-refractivity contribution in [2.75, 3.05) is 31.1 Å². The lowest BCUT2D eigenvalue weighted by atomic mass is 10.1. The molecule has 0 bridgehead atoms. The zero-order chi connectivity index (χ0) is 11.3. The fourth-order valence-electron chi connectivity index (χ4n) is 1.59. The van der Waals surface area contributed by atoms with Gasteiger partial charge in [-0.25, -0.2) is 8.42 Å². The third kappa shape index (κ3) is 4.61. The third-order valence-corrected chi connectivity index (χ3v) is 4.29. The maximum atomic E-state index is 11.2. The van der Waals surface area contributed by atoms with Crippen LogP contribution in [0.4, 0.5) is 0 Å². The van der Waals surface area contributed by atoms with Gasteiger partial charge in [-0.2, -0.15) is 0 Å². The minimum atomic E-state index is -2.83. The van der Waals surface area contributed by atoms with Gasteiger partial charge in [0.05, 0.1) is 18.1 Å². The summed E-state index contributed by atoms with van der Waals surface area (Å²) in [4.78, 5) is 11.2. The highest BCUT2D eigenvalue weighted by Gasteiger charge is 2.27. The molecule has 1 unspecified atom stereocenters. The van der Waals surface area contributed by atoms with E-state index in [1.807, 2.05) is 6.92 Å². The van der Waals surface area contributed by atoms with Gasteiger partial charge in [-0.05, 0) is 18.9 Å². The lowest BCUT2D eigenvalue weighted by Gasteiger charge is -2.09. The monoisotopic (exact) mass is 234 g/mol. The van der Waals surface area contributed by atoms with Crippen molar-refractivity contribution < 1.29 is 13.2 Å². The first-order chi connectivity index (χ1) is 7.03. The maximum absolute atomic E-state index is 11.2. The van der Waals surface area contributed by atoms with Crippen LogP contribution in [0.2, 0.25) is 0 Å². The summed E-state index contributed by atoms with van der Waals surface area (Å²) in [6, 6.07) is 0. The summed E-state index contributed by atoms with van der Waals surface area (Å²) >= 11 is 0. The van der Waals surface area contributed by atoms with E-state index in [1.54, 1.807) is 0 Å². The van der Waals surface area contributed by atoms with Crippen molar-refractivity contribution in [3.63, 3.8) is 0 Å². The van der Waals surface area contributed by atoms with E-state index in [2.05, 4.69) is 10.6 Å². The smallest absolute Gasteiger partial charge is 0.233 e. The van der Waals surface area contributed by atoms with Gasteiger partial charge in [-0.3, -0.25) is 4.79 Å². The highest BCUT2D eigenvalue weighted by Crippen LogP contribution is 2.17. The van der Waals surface area contributed by atoms with Crippen molar-refractivity contribution >= 4 is 15.7 Å². The summed E-state index contributed by atoms with van der Waals surface area (Å²) in [5.74, 6) is 0.511. The van der Waals surface area contributed by atoms with Crippen LogP contribution in [0.15, 0.2) is 0 Å². The van der Waals surface area contributed by atoms with Crippen molar-refractivity contribution in [3.8, 4) is 0 Å². The molecule has 6 heteroatoms. The van der Waals surface area contributed by atoms with Gasteiger partial charge in [0.15, 0.2) is 9.84 Å². The number of hydrogen-bond acceptors (Lipinski definition) is 4. The molecule has 1 fully saturated rings. The number of nitrogens with one attached hydrogen (secondary N) is 2. The molecule has 0 aromatic rings. The molecule has 1 atom stereocenters. The van der Waals surface area contributed by atoms with Crippen LogP contribution in [0.1, 0.15) is 13.3 Å². The molecule has 88 valence electrons. The fourth-order valence-corrected chi connectivity index (χ4v) is 3.45. The molecule has 0 spiro atoms. The molecule has 0 aliphatic carbocycles. The van der Waals surface area contributed by atoms with E-state index >= 15 is 0 Å². The second-order valence-corrected chi connectivity index (χ2v) is 6.08. The Hall–Kier alpha value is -0.620. The van der Waals surface area contributed by atoms with E-state index in [0.29, 0.717) is 19.5 Å². The van der Waals surface area contributed by atoms with Crippen LogP contribution in [0, 0.1) is 5.92 Å². The van der Waals surface area contributed by atoms with Gasteiger partial charge >= 0.3 is 0 Å². The first-order valence-electron chi connectivity index (χ1n) is 5.21. The van der Waals surface area contributed by atoms with Gasteiger partial charge in [0, 0.05) is 6.54 Å². The Kier molecular flexibility index (Phi) is 4.53. The van der Waals surface area contributed by atoms with Gasteiger partial charge < -0.3 is 10.6 Å². The first-order valence-corrected chi connectivity index (χ1v) is 7.03. The van der Waals surface area contributed by atoms with Crippen LogP contribution in [-0.2, 0) is 14.6 Å². The molecule has 5 nitrogen and oxygen atoms in total. The molecule has 0 saturated carbocycles. The third-order valence-electron chi connectivity index (χ3n) is 2.45. The van der Waals surface area contributed by atoms with Crippen LogP contribution < -0.4 is 10.6 Å². The molecule has 1 aliphatic rings. The Morgan fingerprint density at radius 1 is 1.47 bits per heavy atom. The maximum Gasteiger partial charge on any atom is 0.233 e. The quantitative estimate of drug-likeness (QED) is 0.649. The zero-order valence-corrected chi connectivity index (χ0v) is 9.77. The lowest BCUT2D eigenvalue weighted by Crippen LogP contribution is -2.36. The molecule has 1 rings (SSSR count). The molecule has 1 aliphatic heterocycles. The Morgan fingerprint density at radius 3 is 2.73 bits per heavy atom. The van der Waals surface area contributed by atoms with Gasteiger partial charge in [-0.1, -0.05) is 6.92 Å². The summed E-state index contributed by atoms with van der Waals surface area (Å²) in [6.07, 6.45) is 0.670. The molecule has 1 heterocycles. The summed E-state index contributed by atoms with van der Waals surface area (Å²) in [5, 5.41) is 5.64. The van der Waals surface area contributed by atoms with Crippen LogP contribution in [-0.4, -0.2) is 45.5 Å². The van der Waals surface area contributed by atoms with Crippen LogP contribution in [0.25, 0.3) is 0 Å². The molecule has 0 aromatic carbocycles. The van der Waals surface area contributed by atoms with Gasteiger partial charge in [0.2, 0.25) is 5.91 Å². The molecular formula is C9H18N2O3S. The highest BCUT2D eigenvalue weighted by atomic mass is 32.2. The second kappa shape index (κ2) is 5.46. The molecule has 1 saturated heterocycles. The SMILES string of the molecule is CCNCC(=O)NCC1CCS(=O)(=O)C1. The number of carbonyl (C=O) groups is 1. The Morgan fingerprint density at radius 2 is 2.20 bits per heavy atom. The first kappa shape index (κ1) is 12.4. The number of hydrogen-bond donors (Lipinski definition) is 2. The van der Waals surface area contributed by atoms with E-state index in [0.717, 1.165) is 6.54 Å². The van der Waals surface area contributed by atoms with Crippen LogP contribution >= 0.6 is 0 Å². The Labute approximate surface area is 90.5 Å². The predicted molar refractivity (Wildman–Crippen MR) is 58.3 cm³/mol. The summed E-state index contributed by atoms with van der Waals surface area (Å²) < 4.78 is 22.3. The van der Waals surface area contributed by atoms with Gasteiger partial charge in [0.25, 0.3) is 0 Å². The number of likely N-dealkylation sites (N-methyl/N-ethyl adjacent to an activating group) is 1. The standard InChI is InChI=1S/C9H18N2O3S/c1-2-10-6-9(12)11-5-8-3-4-15(13,14)7-8/h8,10H,2-7H2,1H3,(H,11,12). The second-order valence-electron chi connectivity index (χ2n) is 3.85. The van der Waals surface area contributed by atoms with Crippen molar-refractivity contribution in [2.24, 2.45) is 5.92 Å².